The quantitative estimate of drug-likeness (QED) is 0.910. The van der Waals surface area contributed by atoms with Gasteiger partial charge in [-0.25, -0.2) is 0 Å². The van der Waals surface area contributed by atoms with Gasteiger partial charge in [-0.15, -0.1) is 0 Å². The Labute approximate surface area is 115 Å². The van der Waals surface area contributed by atoms with E-state index in [1.165, 1.54) is 0 Å². The minimum absolute atomic E-state index is 0.118. The van der Waals surface area contributed by atoms with Gasteiger partial charge < -0.3 is 9.84 Å². The Balaban J connectivity index is 2.02. The van der Waals surface area contributed by atoms with Crippen LogP contribution in [0.25, 0.3) is 0 Å². The molecule has 1 aliphatic rings. The first-order valence-corrected chi connectivity index (χ1v) is 7.27. The lowest BCUT2D eigenvalue weighted by molar-refractivity contribution is 0.0236. The molecule has 1 aliphatic heterocycles. The predicted molar refractivity (Wildman–Crippen MR) is 75.0 cm³/mol. The molecular formula is C15H26N2O2. The summed E-state index contributed by atoms with van der Waals surface area (Å²) in [4.78, 5) is 0. The number of aliphatic hydroxyl groups excluding tert-OH is 1. The second-order valence-corrected chi connectivity index (χ2v) is 6.14. The van der Waals surface area contributed by atoms with Crippen molar-refractivity contribution < 1.29 is 9.84 Å². The summed E-state index contributed by atoms with van der Waals surface area (Å²) in [6.07, 6.45) is 2.54. The van der Waals surface area contributed by atoms with Crippen molar-refractivity contribution >= 4 is 0 Å². The molecule has 1 fully saturated rings. The van der Waals surface area contributed by atoms with E-state index in [9.17, 15) is 5.11 Å². The second kappa shape index (κ2) is 5.63. The van der Waals surface area contributed by atoms with Gasteiger partial charge >= 0.3 is 0 Å². The third-order valence-electron chi connectivity index (χ3n) is 4.37. The zero-order chi connectivity index (χ0) is 14.2. The number of ether oxygens (including phenoxy) is 1. The first-order valence-electron chi connectivity index (χ1n) is 7.27. The highest BCUT2D eigenvalue weighted by Gasteiger charge is 2.41. The molecule has 19 heavy (non-hydrogen) atoms. The molecule has 0 saturated carbocycles. The highest BCUT2D eigenvalue weighted by atomic mass is 16.5. The SMILES string of the molecule is CC1OC(C)C(C(O)Cc2ccn(C(C)C)n2)C1C. The first kappa shape index (κ1) is 14.5. The van der Waals surface area contributed by atoms with Crippen LogP contribution in [0.15, 0.2) is 12.3 Å². The molecule has 1 saturated heterocycles. The van der Waals surface area contributed by atoms with E-state index in [4.69, 9.17) is 4.74 Å². The van der Waals surface area contributed by atoms with Gasteiger partial charge in [-0.2, -0.15) is 5.10 Å². The van der Waals surface area contributed by atoms with E-state index in [1.807, 2.05) is 16.9 Å². The van der Waals surface area contributed by atoms with Gasteiger partial charge in [0.05, 0.1) is 24.0 Å². The molecule has 4 nitrogen and oxygen atoms in total. The topological polar surface area (TPSA) is 47.3 Å². The molecule has 0 spiro atoms. The summed E-state index contributed by atoms with van der Waals surface area (Å²) < 4.78 is 7.74. The normalized spacial score (nSPS) is 33.0. The zero-order valence-electron chi connectivity index (χ0n) is 12.6. The monoisotopic (exact) mass is 266 g/mol. The molecule has 1 aromatic rings. The van der Waals surface area contributed by atoms with E-state index >= 15 is 0 Å². The third kappa shape index (κ3) is 3.00. The van der Waals surface area contributed by atoms with Crippen molar-refractivity contribution in [1.82, 2.24) is 9.78 Å². The van der Waals surface area contributed by atoms with Crippen LogP contribution in [0.1, 0.15) is 46.4 Å². The fourth-order valence-corrected chi connectivity index (χ4v) is 3.08. The van der Waals surface area contributed by atoms with Gasteiger partial charge in [-0.3, -0.25) is 4.68 Å². The van der Waals surface area contributed by atoms with E-state index < -0.39 is 0 Å². The Morgan fingerprint density at radius 2 is 2.00 bits per heavy atom. The Hall–Kier alpha value is -0.870. The van der Waals surface area contributed by atoms with Crippen molar-refractivity contribution in [2.24, 2.45) is 11.8 Å². The Bertz CT molecular complexity index is 416. The van der Waals surface area contributed by atoms with Crippen molar-refractivity contribution in [3.8, 4) is 0 Å². The molecule has 0 radical (unpaired) electrons. The number of rotatable bonds is 4. The Morgan fingerprint density at radius 1 is 1.32 bits per heavy atom. The summed E-state index contributed by atoms with van der Waals surface area (Å²) in [7, 11) is 0. The minimum Gasteiger partial charge on any atom is -0.392 e. The lowest BCUT2D eigenvalue weighted by Crippen LogP contribution is -2.32. The molecule has 0 bridgehead atoms. The number of aliphatic hydroxyl groups is 1. The van der Waals surface area contributed by atoms with Gasteiger partial charge in [-0.1, -0.05) is 6.92 Å². The van der Waals surface area contributed by atoms with Crippen LogP contribution in [0.2, 0.25) is 0 Å². The smallest absolute Gasteiger partial charge is 0.0652 e. The van der Waals surface area contributed by atoms with Gasteiger partial charge in [0.2, 0.25) is 0 Å². The van der Waals surface area contributed by atoms with Crippen LogP contribution in [0.4, 0.5) is 0 Å². The summed E-state index contributed by atoms with van der Waals surface area (Å²) in [5, 5.41) is 15.0. The summed E-state index contributed by atoms with van der Waals surface area (Å²) in [5.74, 6) is 0.580. The van der Waals surface area contributed by atoms with Crippen molar-refractivity contribution in [3.05, 3.63) is 18.0 Å². The predicted octanol–water partition coefficient (Wildman–Crippen LogP) is 2.43. The summed E-state index contributed by atoms with van der Waals surface area (Å²) in [6, 6.07) is 2.36. The number of aromatic nitrogens is 2. The molecule has 4 heteroatoms. The number of hydrogen-bond acceptors (Lipinski definition) is 3. The molecule has 0 aliphatic carbocycles. The number of hydrogen-bond donors (Lipinski definition) is 1. The van der Waals surface area contributed by atoms with Gasteiger partial charge in [0.25, 0.3) is 0 Å². The minimum atomic E-state index is -0.384. The first-order chi connectivity index (χ1) is 8.90. The summed E-state index contributed by atoms with van der Waals surface area (Å²) in [6.45, 7) is 10.5. The number of nitrogens with zero attached hydrogens (tertiary/aromatic N) is 2. The fraction of sp³-hybridized carbons (Fsp3) is 0.800. The highest BCUT2D eigenvalue weighted by Crippen LogP contribution is 2.35. The van der Waals surface area contributed by atoms with Crippen LogP contribution in [0.5, 0.6) is 0 Å². The molecule has 1 N–H and O–H groups in total. The highest BCUT2D eigenvalue weighted by molar-refractivity contribution is 5.03. The fourth-order valence-electron chi connectivity index (χ4n) is 3.08. The average molecular weight is 266 g/mol. The van der Waals surface area contributed by atoms with E-state index in [1.54, 1.807) is 0 Å². The molecule has 0 amide bonds. The standard InChI is InChI=1S/C15H26N2O2/c1-9(2)17-7-6-13(16-17)8-14(18)15-10(3)11(4)19-12(15)5/h6-7,9-12,14-15,18H,8H2,1-5H3. The van der Waals surface area contributed by atoms with Gasteiger partial charge in [0.1, 0.15) is 0 Å². The summed E-state index contributed by atoms with van der Waals surface area (Å²) >= 11 is 0. The molecule has 5 atom stereocenters. The van der Waals surface area contributed by atoms with Gasteiger partial charge in [-0.05, 0) is 39.7 Å². The maximum atomic E-state index is 10.5. The Kier molecular flexibility index (Phi) is 4.31. The molecular weight excluding hydrogens is 240 g/mol. The molecule has 2 heterocycles. The molecule has 2 rings (SSSR count). The summed E-state index contributed by atoms with van der Waals surface area (Å²) in [5.41, 5.74) is 0.958. The maximum absolute atomic E-state index is 10.5. The lowest BCUT2D eigenvalue weighted by Gasteiger charge is -2.24. The third-order valence-corrected chi connectivity index (χ3v) is 4.37. The van der Waals surface area contributed by atoms with Crippen LogP contribution in [0, 0.1) is 11.8 Å². The van der Waals surface area contributed by atoms with Crippen molar-refractivity contribution in [3.63, 3.8) is 0 Å². The van der Waals surface area contributed by atoms with Crippen LogP contribution in [-0.2, 0) is 11.2 Å². The van der Waals surface area contributed by atoms with Crippen LogP contribution in [-0.4, -0.2) is 33.2 Å². The van der Waals surface area contributed by atoms with Crippen molar-refractivity contribution in [2.45, 2.75) is 65.4 Å². The van der Waals surface area contributed by atoms with Gasteiger partial charge in [0, 0.05) is 24.6 Å². The van der Waals surface area contributed by atoms with E-state index in [0.29, 0.717) is 18.4 Å². The van der Waals surface area contributed by atoms with Crippen LogP contribution in [0.3, 0.4) is 0 Å². The molecule has 108 valence electrons. The molecule has 5 unspecified atom stereocenters. The van der Waals surface area contributed by atoms with Crippen LogP contribution < -0.4 is 0 Å². The van der Waals surface area contributed by atoms with Crippen molar-refractivity contribution in [1.29, 1.82) is 0 Å². The van der Waals surface area contributed by atoms with E-state index in [2.05, 4.69) is 39.7 Å². The zero-order valence-corrected chi connectivity index (χ0v) is 12.6. The largest absolute Gasteiger partial charge is 0.392 e. The van der Waals surface area contributed by atoms with Crippen molar-refractivity contribution in [2.75, 3.05) is 0 Å². The Morgan fingerprint density at radius 3 is 2.47 bits per heavy atom. The molecule has 1 aromatic heterocycles. The molecule has 0 aromatic carbocycles. The van der Waals surface area contributed by atoms with Crippen LogP contribution >= 0.6 is 0 Å². The average Bonchev–Trinajstić information content (AvgIpc) is 2.85. The van der Waals surface area contributed by atoms with Gasteiger partial charge in [0.15, 0.2) is 0 Å². The van der Waals surface area contributed by atoms with E-state index in [0.717, 1.165) is 5.69 Å². The maximum Gasteiger partial charge on any atom is 0.0652 e. The second-order valence-electron chi connectivity index (χ2n) is 6.14. The van der Waals surface area contributed by atoms with E-state index in [-0.39, 0.29) is 24.2 Å². The lowest BCUT2D eigenvalue weighted by atomic mass is 9.83.